The molecule has 0 amide bonds. The largest absolute Gasteiger partial charge is 0.311 e. The van der Waals surface area contributed by atoms with Crippen molar-refractivity contribution in [2.45, 2.75) is 26.8 Å². The van der Waals surface area contributed by atoms with E-state index in [1.54, 1.807) is 6.33 Å². The van der Waals surface area contributed by atoms with Crippen LogP contribution in [0.5, 0.6) is 0 Å². The van der Waals surface area contributed by atoms with Crippen LogP contribution in [0.4, 0.5) is 0 Å². The summed E-state index contributed by atoms with van der Waals surface area (Å²) in [5.41, 5.74) is 2.21. The highest BCUT2D eigenvalue weighted by atomic mass is 15.1. The Bertz CT molecular complexity index is 459. The number of nitrogens with zero attached hydrogens (tertiary/aromatic N) is 3. The van der Waals surface area contributed by atoms with Gasteiger partial charge >= 0.3 is 0 Å². The van der Waals surface area contributed by atoms with Crippen molar-refractivity contribution in [3.8, 4) is 5.82 Å². The molecule has 2 rings (SSSR count). The van der Waals surface area contributed by atoms with Crippen LogP contribution in [-0.2, 0) is 6.54 Å². The van der Waals surface area contributed by atoms with Crippen LogP contribution >= 0.6 is 0 Å². The minimum Gasteiger partial charge on any atom is -0.311 e. The van der Waals surface area contributed by atoms with Crippen molar-refractivity contribution in [1.29, 1.82) is 0 Å². The van der Waals surface area contributed by atoms with Crippen molar-refractivity contribution in [3.63, 3.8) is 0 Å². The Morgan fingerprint density at radius 2 is 2.18 bits per heavy atom. The van der Waals surface area contributed by atoms with E-state index in [-0.39, 0.29) is 0 Å². The Labute approximate surface area is 102 Å². The van der Waals surface area contributed by atoms with Gasteiger partial charge in [-0.1, -0.05) is 13.0 Å². The fraction of sp³-hybridized carbons (Fsp3) is 0.385. The number of hydrogen-bond donors (Lipinski definition) is 1. The Kier molecular flexibility index (Phi) is 3.88. The summed E-state index contributed by atoms with van der Waals surface area (Å²) in [7, 11) is 0. The SMILES string of the molecule is CCCNCc1cn(-c2ccc(C)cn2)cn1. The molecule has 4 heteroatoms. The highest BCUT2D eigenvalue weighted by Crippen LogP contribution is 2.06. The van der Waals surface area contributed by atoms with Gasteiger partial charge in [-0.15, -0.1) is 0 Å². The molecule has 0 unspecified atom stereocenters. The van der Waals surface area contributed by atoms with Crippen molar-refractivity contribution < 1.29 is 0 Å². The van der Waals surface area contributed by atoms with Gasteiger partial charge < -0.3 is 5.32 Å². The summed E-state index contributed by atoms with van der Waals surface area (Å²) in [4.78, 5) is 8.71. The molecule has 2 aromatic rings. The third-order valence-electron chi connectivity index (χ3n) is 2.53. The van der Waals surface area contributed by atoms with Crippen LogP contribution in [0.2, 0.25) is 0 Å². The summed E-state index contributed by atoms with van der Waals surface area (Å²) in [6.07, 6.45) is 6.82. The second-order valence-electron chi connectivity index (χ2n) is 4.14. The molecule has 0 radical (unpaired) electrons. The number of aromatic nitrogens is 3. The van der Waals surface area contributed by atoms with E-state index in [4.69, 9.17) is 0 Å². The second-order valence-corrected chi connectivity index (χ2v) is 4.14. The maximum atomic E-state index is 4.36. The number of nitrogens with one attached hydrogen (secondary N) is 1. The minimum atomic E-state index is 0.812. The van der Waals surface area contributed by atoms with E-state index in [0.29, 0.717) is 0 Å². The third kappa shape index (κ3) is 3.14. The lowest BCUT2D eigenvalue weighted by molar-refractivity contribution is 0.666. The molecule has 4 nitrogen and oxygen atoms in total. The summed E-state index contributed by atoms with van der Waals surface area (Å²) >= 11 is 0. The van der Waals surface area contributed by atoms with Crippen molar-refractivity contribution in [2.24, 2.45) is 0 Å². The first-order valence-corrected chi connectivity index (χ1v) is 5.96. The molecule has 90 valence electrons. The second kappa shape index (κ2) is 5.59. The number of aryl methyl sites for hydroxylation is 1. The van der Waals surface area contributed by atoms with Gasteiger partial charge in [-0.25, -0.2) is 9.97 Å². The number of pyridine rings is 1. The van der Waals surface area contributed by atoms with E-state index >= 15 is 0 Å². The van der Waals surface area contributed by atoms with E-state index < -0.39 is 0 Å². The first kappa shape index (κ1) is 11.8. The Morgan fingerprint density at radius 1 is 1.29 bits per heavy atom. The normalized spacial score (nSPS) is 10.7. The summed E-state index contributed by atoms with van der Waals surface area (Å²) < 4.78 is 1.95. The van der Waals surface area contributed by atoms with Gasteiger partial charge in [-0.3, -0.25) is 4.57 Å². The molecule has 0 aliphatic heterocycles. The Balaban J connectivity index is 2.04. The zero-order chi connectivity index (χ0) is 12.1. The smallest absolute Gasteiger partial charge is 0.137 e. The zero-order valence-corrected chi connectivity index (χ0v) is 10.3. The molecule has 17 heavy (non-hydrogen) atoms. The maximum absolute atomic E-state index is 4.36. The molecule has 1 N–H and O–H groups in total. The fourth-order valence-electron chi connectivity index (χ4n) is 1.59. The lowest BCUT2D eigenvalue weighted by atomic mass is 10.3. The Hall–Kier alpha value is -1.68. The van der Waals surface area contributed by atoms with Gasteiger partial charge in [-0.05, 0) is 31.5 Å². The fourth-order valence-corrected chi connectivity index (χ4v) is 1.59. The third-order valence-corrected chi connectivity index (χ3v) is 2.53. The molecule has 0 fully saturated rings. The Morgan fingerprint density at radius 3 is 2.88 bits per heavy atom. The van der Waals surface area contributed by atoms with Crippen molar-refractivity contribution in [3.05, 3.63) is 42.1 Å². The molecule has 0 saturated heterocycles. The molecule has 2 heterocycles. The molecular weight excluding hydrogens is 212 g/mol. The van der Waals surface area contributed by atoms with E-state index in [1.807, 2.05) is 30.0 Å². The van der Waals surface area contributed by atoms with Crippen LogP contribution in [0.25, 0.3) is 5.82 Å². The van der Waals surface area contributed by atoms with Crippen molar-refractivity contribution in [1.82, 2.24) is 19.9 Å². The summed E-state index contributed by atoms with van der Waals surface area (Å²) in [6, 6.07) is 4.05. The zero-order valence-electron chi connectivity index (χ0n) is 10.3. The van der Waals surface area contributed by atoms with Crippen molar-refractivity contribution >= 4 is 0 Å². The molecule has 2 aromatic heterocycles. The maximum Gasteiger partial charge on any atom is 0.137 e. The molecule has 0 bridgehead atoms. The number of rotatable bonds is 5. The predicted molar refractivity (Wildman–Crippen MR) is 68.1 cm³/mol. The predicted octanol–water partition coefficient (Wildman–Crippen LogP) is 2.08. The van der Waals surface area contributed by atoms with Gasteiger partial charge in [0.25, 0.3) is 0 Å². The van der Waals surface area contributed by atoms with Crippen LogP contribution in [0.15, 0.2) is 30.9 Å². The topological polar surface area (TPSA) is 42.7 Å². The van der Waals surface area contributed by atoms with Crippen LogP contribution in [0.3, 0.4) is 0 Å². The van der Waals surface area contributed by atoms with Gasteiger partial charge in [-0.2, -0.15) is 0 Å². The average Bonchev–Trinajstić information content (AvgIpc) is 2.79. The average molecular weight is 230 g/mol. The molecule has 0 aliphatic rings. The number of imidazole rings is 1. The van der Waals surface area contributed by atoms with Gasteiger partial charge in [0.2, 0.25) is 0 Å². The van der Waals surface area contributed by atoms with E-state index in [2.05, 4.69) is 28.3 Å². The number of hydrogen-bond acceptors (Lipinski definition) is 3. The first-order valence-electron chi connectivity index (χ1n) is 5.96. The molecule has 0 aliphatic carbocycles. The highest BCUT2D eigenvalue weighted by Gasteiger charge is 2.01. The summed E-state index contributed by atoms with van der Waals surface area (Å²) in [5, 5.41) is 3.33. The lowest BCUT2D eigenvalue weighted by Crippen LogP contribution is -2.13. The minimum absolute atomic E-state index is 0.812. The van der Waals surface area contributed by atoms with Crippen LogP contribution in [0.1, 0.15) is 24.6 Å². The summed E-state index contributed by atoms with van der Waals surface area (Å²) in [6.45, 7) is 6.02. The molecule has 0 aromatic carbocycles. The van der Waals surface area contributed by atoms with E-state index in [1.165, 1.54) is 5.56 Å². The van der Waals surface area contributed by atoms with E-state index in [0.717, 1.165) is 31.0 Å². The molecule has 0 spiro atoms. The van der Waals surface area contributed by atoms with Gasteiger partial charge in [0, 0.05) is 18.9 Å². The van der Waals surface area contributed by atoms with Gasteiger partial charge in [0.1, 0.15) is 12.1 Å². The summed E-state index contributed by atoms with van der Waals surface area (Å²) in [5.74, 6) is 0.907. The van der Waals surface area contributed by atoms with Crippen LogP contribution < -0.4 is 5.32 Å². The van der Waals surface area contributed by atoms with Gasteiger partial charge in [0.15, 0.2) is 0 Å². The first-order chi connectivity index (χ1) is 8.29. The molecule has 0 atom stereocenters. The molecular formula is C13H18N4. The standard InChI is InChI=1S/C13H18N4/c1-3-6-14-8-12-9-17(10-16-12)13-5-4-11(2)7-15-13/h4-5,7,9-10,14H,3,6,8H2,1-2H3. The lowest BCUT2D eigenvalue weighted by Gasteiger charge is -2.01. The van der Waals surface area contributed by atoms with E-state index in [9.17, 15) is 0 Å². The van der Waals surface area contributed by atoms with Gasteiger partial charge in [0.05, 0.1) is 5.69 Å². The van der Waals surface area contributed by atoms with Crippen LogP contribution in [-0.4, -0.2) is 21.1 Å². The van der Waals surface area contributed by atoms with Crippen LogP contribution in [0, 0.1) is 6.92 Å². The highest BCUT2D eigenvalue weighted by molar-refractivity contribution is 5.25. The quantitative estimate of drug-likeness (QED) is 0.800. The monoisotopic (exact) mass is 230 g/mol. The van der Waals surface area contributed by atoms with Crippen molar-refractivity contribution in [2.75, 3.05) is 6.54 Å². The molecule has 0 saturated carbocycles.